The molecule has 0 saturated heterocycles. The number of hydrogen-bond donors (Lipinski definition) is 2. The number of unbranched alkanes of at least 4 members (excludes halogenated alkanes) is 13. The van der Waals surface area contributed by atoms with Gasteiger partial charge in [-0.1, -0.05) is 90.4 Å². The number of phenolic OH excluding ortho intramolecular Hbond substituents is 2. The van der Waals surface area contributed by atoms with E-state index in [1.54, 1.807) is 19.1 Å². The quantitative estimate of drug-likeness (QED) is 0.0726. The highest BCUT2D eigenvalue weighted by molar-refractivity contribution is 6.26. The highest BCUT2D eigenvalue weighted by Gasteiger charge is 2.11. The van der Waals surface area contributed by atoms with E-state index in [2.05, 4.69) is 6.92 Å². The Morgan fingerprint density at radius 1 is 0.732 bits per heavy atom. The van der Waals surface area contributed by atoms with Crippen molar-refractivity contribution >= 4 is 23.5 Å². The highest BCUT2D eigenvalue weighted by Crippen LogP contribution is 2.31. The first-order chi connectivity index (χ1) is 19.8. The van der Waals surface area contributed by atoms with Gasteiger partial charge in [-0.15, -0.1) is 11.6 Å². The zero-order chi connectivity index (χ0) is 30.3. The molecule has 2 aromatic rings. The summed E-state index contributed by atoms with van der Waals surface area (Å²) in [5, 5.41) is 18.7. The summed E-state index contributed by atoms with van der Waals surface area (Å²) in [6.45, 7) is 5.87. The maximum Gasteiger partial charge on any atom is 0.326 e. The maximum atomic E-state index is 11.4. The summed E-state index contributed by atoms with van der Waals surface area (Å²) in [4.78, 5) is 21.9. The average molecular weight is 593 g/mol. The first-order valence-corrected chi connectivity index (χ1v) is 15.5. The van der Waals surface area contributed by atoms with Crippen LogP contribution in [0.15, 0.2) is 36.4 Å². The normalized spacial score (nSPS) is 10.4. The minimum Gasteiger partial charge on any atom is -0.508 e. The number of hydrogen-bond acceptors (Lipinski definition) is 7. The summed E-state index contributed by atoms with van der Waals surface area (Å²) in [7, 11) is 0. The molecule has 0 heterocycles. The molecular formula is C33H49ClO7. The Balaban J connectivity index is 0.000000580. The van der Waals surface area contributed by atoms with Gasteiger partial charge in [0, 0.05) is 13.0 Å². The van der Waals surface area contributed by atoms with Crippen molar-refractivity contribution in [3.63, 3.8) is 0 Å². The number of carbonyl (C=O) groups excluding carboxylic acids is 2. The second-order valence-electron chi connectivity index (χ2n) is 10.2. The minimum absolute atomic E-state index is 0.0756. The minimum atomic E-state index is -0.543. The fourth-order valence-electron chi connectivity index (χ4n) is 4.18. The molecule has 0 aliphatic heterocycles. The molecule has 8 heteroatoms. The van der Waals surface area contributed by atoms with Crippen LogP contribution < -0.4 is 14.2 Å². The number of benzene rings is 2. The Hall–Kier alpha value is -2.93. The predicted octanol–water partition coefficient (Wildman–Crippen LogP) is 9.02. The Kier molecular flexibility index (Phi) is 20.0. The smallest absolute Gasteiger partial charge is 0.326 e. The third-order valence-electron chi connectivity index (χ3n) is 6.45. The van der Waals surface area contributed by atoms with E-state index in [1.807, 2.05) is 0 Å². The summed E-state index contributed by atoms with van der Waals surface area (Å²) in [5.41, 5.74) is 0.689. The summed E-state index contributed by atoms with van der Waals surface area (Å²) in [6, 6.07) is 9.07. The topological polar surface area (TPSA) is 102 Å². The van der Waals surface area contributed by atoms with Gasteiger partial charge in [-0.25, -0.2) is 0 Å². The molecule has 0 spiro atoms. The van der Waals surface area contributed by atoms with Crippen LogP contribution in [0, 0.1) is 6.92 Å². The number of esters is 2. The number of ether oxygens (including phenoxy) is 3. The number of alkyl halides is 1. The molecule has 2 N–H and O–H groups in total. The number of rotatable bonds is 19. The van der Waals surface area contributed by atoms with Gasteiger partial charge in [-0.2, -0.15) is 0 Å². The largest absolute Gasteiger partial charge is 0.508 e. The van der Waals surface area contributed by atoms with Crippen LogP contribution in [0.5, 0.6) is 28.7 Å². The summed E-state index contributed by atoms with van der Waals surface area (Å²) >= 11 is 5.47. The molecule has 0 amide bonds. The lowest BCUT2D eigenvalue weighted by Gasteiger charge is -2.11. The molecule has 0 aliphatic rings. The summed E-state index contributed by atoms with van der Waals surface area (Å²) < 4.78 is 15.6. The Bertz CT molecular complexity index is 1010. The van der Waals surface area contributed by atoms with E-state index in [9.17, 15) is 14.7 Å². The standard InChI is InChI=1S/C24H39ClO4.C9H10O3/c1-2-3-4-5-6-7-8-9-10-11-12-13-14-15-18-28-23-19-21(26)16-17-22(23)29-24(27)20-25;1-6-5-8(12-7(2)10)3-4-9(6)11/h16-17,19,26H,2-15,18,20H2,1H3;3-5,11H,1-2H3. The Morgan fingerprint density at radius 3 is 1.80 bits per heavy atom. The van der Waals surface area contributed by atoms with Gasteiger partial charge in [-0.05, 0) is 49.2 Å². The maximum absolute atomic E-state index is 11.4. The monoisotopic (exact) mass is 592 g/mol. The van der Waals surface area contributed by atoms with Crippen LogP contribution in [0.3, 0.4) is 0 Å². The lowest BCUT2D eigenvalue weighted by molar-refractivity contribution is -0.132. The van der Waals surface area contributed by atoms with E-state index in [0.717, 1.165) is 12.8 Å². The molecule has 0 fully saturated rings. The van der Waals surface area contributed by atoms with Crippen LogP contribution in [-0.4, -0.2) is 34.6 Å². The molecule has 2 aromatic carbocycles. The molecule has 7 nitrogen and oxygen atoms in total. The van der Waals surface area contributed by atoms with Crippen molar-refractivity contribution in [1.29, 1.82) is 0 Å². The van der Waals surface area contributed by atoms with Gasteiger partial charge in [0.15, 0.2) is 11.5 Å². The van der Waals surface area contributed by atoms with Crippen molar-refractivity contribution in [2.45, 2.75) is 111 Å². The molecule has 0 unspecified atom stereocenters. The van der Waals surface area contributed by atoms with E-state index >= 15 is 0 Å². The second kappa shape index (κ2) is 22.7. The first kappa shape index (κ1) is 36.1. The molecule has 0 saturated carbocycles. The molecule has 230 valence electrons. The SMILES string of the molecule is CC(=O)Oc1ccc(O)c(C)c1.CCCCCCCCCCCCCCCCOc1cc(O)ccc1OC(=O)CCl. The third-order valence-corrected chi connectivity index (χ3v) is 6.66. The van der Waals surface area contributed by atoms with Crippen LogP contribution in [0.25, 0.3) is 0 Å². The van der Waals surface area contributed by atoms with Gasteiger partial charge >= 0.3 is 11.9 Å². The Morgan fingerprint density at radius 2 is 1.29 bits per heavy atom. The van der Waals surface area contributed by atoms with Gasteiger partial charge in [0.2, 0.25) is 0 Å². The van der Waals surface area contributed by atoms with Crippen molar-refractivity contribution < 1.29 is 34.0 Å². The third kappa shape index (κ3) is 18.2. The van der Waals surface area contributed by atoms with Gasteiger partial charge in [-0.3, -0.25) is 9.59 Å². The molecule has 41 heavy (non-hydrogen) atoms. The van der Waals surface area contributed by atoms with E-state index in [0.29, 0.717) is 29.4 Å². The van der Waals surface area contributed by atoms with Gasteiger partial charge in [0.05, 0.1) is 6.61 Å². The molecule has 0 aromatic heterocycles. The predicted molar refractivity (Wildman–Crippen MR) is 164 cm³/mol. The lowest BCUT2D eigenvalue weighted by atomic mass is 10.0. The lowest BCUT2D eigenvalue weighted by Crippen LogP contribution is -2.10. The molecule has 2 rings (SSSR count). The van der Waals surface area contributed by atoms with E-state index in [1.165, 1.54) is 108 Å². The Labute approximate surface area is 251 Å². The van der Waals surface area contributed by atoms with Gasteiger partial charge in [0.25, 0.3) is 0 Å². The average Bonchev–Trinajstić information content (AvgIpc) is 2.94. The van der Waals surface area contributed by atoms with Crippen LogP contribution >= 0.6 is 11.6 Å². The van der Waals surface area contributed by atoms with E-state index in [4.69, 9.17) is 30.9 Å². The summed E-state index contributed by atoms with van der Waals surface area (Å²) in [6.07, 6.45) is 18.3. The molecule has 0 radical (unpaired) electrons. The number of carbonyl (C=O) groups is 2. The van der Waals surface area contributed by atoms with Crippen LogP contribution in [0.1, 0.15) is 109 Å². The van der Waals surface area contributed by atoms with Gasteiger partial charge < -0.3 is 24.4 Å². The van der Waals surface area contributed by atoms with E-state index in [-0.39, 0.29) is 23.3 Å². The zero-order valence-electron chi connectivity index (χ0n) is 25.1. The van der Waals surface area contributed by atoms with Crippen molar-refractivity contribution in [2.75, 3.05) is 12.5 Å². The highest BCUT2D eigenvalue weighted by atomic mass is 35.5. The van der Waals surface area contributed by atoms with Crippen molar-refractivity contribution in [3.8, 4) is 28.7 Å². The fraction of sp³-hybridized carbons (Fsp3) is 0.576. The fourth-order valence-corrected chi connectivity index (χ4v) is 4.23. The first-order valence-electron chi connectivity index (χ1n) is 15.0. The molecule has 0 aliphatic carbocycles. The van der Waals surface area contributed by atoms with Crippen LogP contribution in [-0.2, 0) is 9.59 Å². The molecular weight excluding hydrogens is 544 g/mol. The van der Waals surface area contributed by atoms with Crippen LogP contribution in [0.4, 0.5) is 0 Å². The van der Waals surface area contributed by atoms with Gasteiger partial charge in [0.1, 0.15) is 23.1 Å². The molecule has 0 bridgehead atoms. The zero-order valence-corrected chi connectivity index (χ0v) is 25.8. The summed E-state index contributed by atoms with van der Waals surface area (Å²) in [5.74, 6) is 0.269. The second-order valence-corrected chi connectivity index (χ2v) is 10.5. The van der Waals surface area contributed by atoms with E-state index < -0.39 is 5.97 Å². The number of aromatic hydroxyl groups is 2. The van der Waals surface area contributed by atoms with Crippen molar-refractivity contribution in [1.82, 2.24) is 0 Å². The van der Waals surface area contributed by atoms with Crippen molar-refractivity contribution in [2.24, 2.45) is 0 Å². The number of halogens is 1. The van der Waals surface area contributed by atoms with Crippen LogP contribution in [0.2, 0.25) is 0 Å². The van der Waals surface area contributed by atoms with Crippen molar-refractivity contribution in [3.05, 3.63) is 42.0 Å². The number of aryl methyl sites for hydroxylation is 1. The molecule has 0 atom stereocenters. The number of phenols is 2.